The van der Waals surface area contributed by atoms with Gasteiger partial charge in [-0.2, -0.15) is 0 Å². The Morgan fingerprint density at radius 1 is 0.962 bits per heavy atom. The largest absolute Gasteiger partial charge is 0.482 e. The Morgan fingerprint density at radius 3 is 2.08 bits per heavy atom. The molecule has 134 valence electrons. The van der Waals surface area contributed by atoms with Crippen molar-refractivity contribution in [1.82, 2.24) is 0 Å². The average molecular weight is 366 g/mol. The minimum atomic E-state index is -0.319. The lowest BCUT2D eigenvalue weighted by molar-refractivity contribution is -0.138. The maximum absolute atomic E-state index is 12.6. The van der Waals surface area contributed by atoms with Gasteiger partial charge in [-0.25, -0.2) is 4.79 Å². The first-order valence-corrected chi connectivity index (χ1v) is 9.76. The summed E-state index contributed by atoms with van der Waals surface area (Å²) in [5, 5.41) is 0.852. The molecule has 0 atom stereocenters. The predicted octanol–water partition coefficient (Wildman–Crippen LogP) is 5.16. The van der Waals surface area contributed by atoms with Gasteiger partial charge in [-0.15, -0.1) is 0 Å². The normalized spacial score (nSPS) is 14.2. The van der Waals surface area contributed by atoms with Gasteiger partial charge in [-0.05, 0) is 23.8 Å². The molecule has 1 aliphatic rings. The van der Waals surface area contributed by atoms with Crippen molar-refractivity contribution in [3.63, 3.8) is 0 Å². The summed E-state index contributed by atoms with van der Waals surface area (Å²) < 4.78 is 11.3. The summed E-state index contributed by atoms with van der Waals surface area (Å²) in [6.45, 7) is 4.47. The van der Waals surface area contributed by atoms with Gasteiger partial charge in [0.2, 0.25) is 0 Å². The van der Waals surface area contributed by atoms with E-state index in [1.54, 1.807) is 11.8 Å². The summed E-state index contributed by atoms with van der Waals surface area (Å²) in [5.74, 6) is 0.572. The van der Waals surface area contributed by atoms with Crippen LogP contribution in [0.25, 0.3) is 11.1 Å². The Labute approximate surface area is 158 Å². The van der Waals surface area contributed by atoms with Gasteiger partial charge in [0.25, 0.3) is 0 Å². The molecule has 2 aromatic rings. The molecular weight excluding hydrogens is 344 g/mol. The van der Waals surface area contributed by atoms with Crippen molar-refractivity contribution in [3.05, 3.63) is 82.5 Å². The molecule has 0 radical (unpaired) electrons. The standard InChI is InChI=1S/C22H22O3S/c1-3-24-21(23)18-15-25-22(26-4-2)20(17-13-9-6-10-14-17)19(18)16-11-7-5-8-12-16/h5-14H,3-4,15H2,1-2H3. The van der Waals surface area contributed by atoms with Crippen molar-refractivity contribution in [2.24, 2.45) is 0 Å². The Morgan fingerprint density at radius 2 is 1.54 bits per heavy atom. The number of esters is 1. The molecule has 0 saturated carbocycles. The lowest BCUT2D eigenvalue weighted by Gasteiger charge is -2.26. The van der Waals surface area contributed by atoms with Gasteiger partial charge in [0.15, 0.2) is 5.09 Å². The molecule has 0 aliphatic carbocycles. The summed E-state index contributed by atoms with van der Waals surface area (Å²) in [4.78, 5) is 12.6. The molecule has 4 heteroatoms. The van der Waals surface area contributed by atoms with E-state index in [2.05, 4.69) is 6.92 Å². The molecule has 1 heterocycles. The molecule has 0 saturated heterocycles. The first kappa shape index (κ1) is 18.3. The van der Waals surface area contributed by atoms with E-state index in [-0.39, 0.29) is 12.6 Å². The number of hydrogen-bond acceptors (Lipinski definition) is 4. The van der Waals surface area contributed by atoms with Crippen LogP contribution in [0.5, 0.6) is 0 Å². The molecule has 2 aromatic carbocycles. The monoisotopic (exact) mass is 366 g/mol. The van der Waals surface area contributed by atoms with E-state index >= 15 is 0 Å². The number of thioether (sulfide) groups is 1. The fourth-order valence-corrected chi connectivity index (χ4v) is 3.72. The summed E-state index contributed by atoms with van der Waals surface area (Å²) >= 11 is 1.65. The number of rotatable bonds is 6. The van der Waals surface area contributed by atoms with Crippen LogP contribution in [0.15, 0.2) is 71.3 Å². The molecule has 0 bridgehead atoms. The van der Waals surface area contributed by atoms with E-state index < -0.39 is 0 Å². The van der Waals surface area contributed by atoms with Crippen LogP contribution in [0.1, 0.15) is 25.0 Å². The molecule has 0 amide bonds. The Bertz CT molecular complexity index is 823. The van der Waals surface area contributed by atoms with E-state index in [0.717, 1.165) is 33.1 Å². The molecule has 3 nitrogen and oxygen atoms in total. The first-order valence-electron chi connectivity index (χ1n) is 8.77. The van der Waals surface area contributed by atoms with Crippen LogP contribution in [0.4, 0.5) is 0 Å². The Balaban J connectivity index is 2.25. The summed E-state index contributed by atoms with van der Waals surface area (Å²) in [5.41, 5.74) is 4.45. The molecule has 0 aromatic heterocycles. The van der Waals surface area contributed by atoms with E-state index in [1.807, 2.05) is 67.6 Å². The van der Waals surface area contributed by atoms with Crippen LogP contribution < -0.4 is 0 Å². The van der Waals surface area contributed by atoms with E-state index in [1.165, 1.54) is 0 Å². The van der Waals surface area contributed by atoms with Crippen LogP contribution in [0, 0.1) is 0 Å². The average Bonchev–Trinajstić information content (AvgIpc) is 2.69. The number of carbonyl (C=O) groups excluding carboxylic acids is 1. The van der Waals surface area contributed by atoms with Crippen molar-refractivity contribution in [3.8, 4) is 0 Å². The molecule has 0 N–H and O–H groups in total. The van der Waals surface area contributed by atoms with Gasteiger partial charge in [0.05, 0.1) is 12.2 Å². The molecular formula is C22H22O3S. The Kier molecular flexibility index (Phi) is 6.18. The maximum atomic E-state index is 12.6. The molecule has 0 unspecified atom stereocenters. The highest BCUT2D eigenvalue weighted by Crippen LogP contribution is 2.43. The third-order valence-corrected chi connectivity index (χ3v) is 4.90. The zero-order chi connectivity index (χ0) is 18.4. The maximum Gasteiger partial charge on any atom is 0.338 e. The number of ether oxygens (including phenoxy) is 2. The zero-order valence-corrected chi connectivity index (χ0v) is 15.8. The number of hydrogen-bond donors (Lipinski definition) is 0. The molecule has 1 aliphatic heterocycles. The minimum absolute atomic E-state index is 0.224. The molecule has 3 rings (SSSR count). The first-order chi connectivity index (χ1) is 12.8. The fourth-order valence-electron chi connectivity index (χ4n) is 2.95. The molecule has 0 fully saturated rings. The molecule has 0 spiro atoms. The van der Waals surface area contributed by atoms with E-state index in [4.69, 9.17) is 9.47 Å². The summed E-state index contributed by atoms with van der Waals surface area (Å²) in [6, 6.07) is 20.1. The zero-order valence-electron chi connectivity index (χ0n) is 15.0. The summed E-state index contributed by atoms with van der Waals surface area (Å²) in [6.07, 6.45) is 0. The van der Waals surface area contributed by atoms with Crippen LogP contribution in [-0.4, -0.2) is 24.9 Å². The van der Waals surface area contributed by atoms with Gasteiger partial charge in [-0.1, -0.05) is 79.3 Å². The minimum Gasteiger partial charge on any atom is -0.482 e. The lowest BCUT2D eigenvalue weighted by atomic mass is 9.88. The van der Waals surface area contributed by atoms with E-state index in [0.29, 0.717) is 12.2 Å². The second-order valence-electron chi connectivity index (χ2n) is 5.69. The SMILES string of the molecule is CCOC(=O)C1=C(c2ccccc2)C(c2ccccc2)=C(SCC)OC1. The van der Waals surface area contributed by atoms with E-state index in [9.17, 15) is 4.79 Å². The van der Waals surface area contributed by atoms with Crippen molar-refractivity contribution in [2.75, 3.05) is 19.0 Å². The Hall–Kier alpha value is -2.46. The second kappa shape index (κ2) is 8.77. The number of allylic oxidation sites excluding steroid dienone is 2. The molecule has 26 heavy (non-hydrogen) atoms. The third-order valence-electron chi connectivity index (χ3n) is 4.03. The van der Waals surface area contributed by atoms with Crippen LogP contribution in [0.3, 0.4) is 0 Å². The third kappa shape index (κ3) is 3.86. The van der Waals surface area contributed by atoms with Crippen molar-refractivity contribution >= 4 is 28.9 Å². The lowest BCUT2D eigenvalue weighted by Crippen LogP contribution is -2.19. The number of carbonyl (C=O) groups is 1. The quantitative estimate of drug-likeness (QED) is 0.662. The van der Waals surface area contributed by atoms with Gasteiger partial charge in [0, 0.05) is 11.1 Å². The van der Waals surface area contributed by atoms with Gasteiger partial charge >= 0.3 is 5.97 Å². The smallest absolute Gasteiger partial charge is 0.338 e. The van der Waals surface area contributed by atoms with Crippen molar-refractivity contribution in [2.45, 2.75) is 13.8 Å². The highest BCUT2D eigenvalue weighted by molar-refractivity contribution is 8.03. The highest BCUT2D eigenvalue weighted by atomic mass is 32.2. The fraction of sp³-hybridized carbons (Fsp3) is 0.227. The van der Waals surface area contributed by atoms with Crippen molar-refractivity contribution in [1.29, 1.82) is 0 Å². The van der Waals surface area contributed by atoms with Crippen molar-refractivity contribution < 1.29 is 14.3 Å². The van der Waals surface area contributed by atoms with Gasteiger partial charge in [0.1, 0.15) is 6.61 Å². The van der Waals surface area contributed by atoms with Crippen LogP contribution in [-0.2, 0) is 14.3 Å². The summed E-state index contributed by atoms with van der Waals surface area (Å²) in [7, 11) is 0. The predicted molar refractivity (Wildman–Crippen MR) is 107 cm³/mol. The second-order valence-corrected chi connectivity index (χ2v) is 6.93. The topological polar surface area (TPSA) is 35.5 Å². The van der Waals surface area contributed by atoms with Crippen LogP contribution in [0.2, 0.25) is 0 Å². The van der Waals surface area contributed by atoms with Gasteiger partial charge in [-0.3, -0.25) is 0 Å². The highest BCUT2D eigenvalue weighted by Gasteiger charge is 2.29. The van der Waals surface area contributed by atoms with Gasteiger partial charge < -0.3 is 9.47 Å². The van der Waals surface area contributed by atoms with Crippen LogP contribution >= 0.6 is 11.8 Å². The number of benzene rings is 2.